The van der Waals surface area contributed by atoms with Crippen molar-refractivity contribution in [3.05, 3.63) is 41.2 Å². The fourth-order valence-corrected chi connectivity index (χ4v) is 3.20. The lowest BCUT2D eigenvalue weighted by Gasteiger charge is -2.32. The third-order valence-corrected chi connectivity index (χ3v) is 4.70. The number of hydrogen-bond donors (Lipinski definition) is 1. The van der Waals surface area contributed by atoms with Gasteiger partial charge in [0, 0.05) is 19.6 Å². The predicted octanol–water partition coefficient (Wildman–Crippen LogP) is 1.53. The number of primary amides is 1. The number of hydrogen-bond acceptors (Lipinski definition) is 5. The van der Waals surface area contributed by atoms with E-state index in [1.54, 1.807) is 18.0 Å². The second-order valence-electron chi connectivity index (χ2n) is 6.20. The lowest BCUT2D eigenvalue weighted by molar-refractivity contribution is 0.0995. The Morgan fingerprint density at radius 3 is 2.75 bits per heavy atom. The van der Waals surface area contributed by atoms with Crippen LogP contribution in [0.25, 0.3) is 0 Å². The van der Waals surface area contributed by atoms with Gasteiger partial charge in [-0.2, -0.15) is 0 Å². The van der Waals surface area contributed by atoms with Gasteiger partial charge in [0.05, 0.1) is 19.3 Å². The summed E-state index contributed by atoms with van der Waals surface area (Å²) in [5.41, 5.74) is 7.95. The topological polar surface area (TPSA) is 86.3 Å². The predicted molar refractivity (Wildman–Crippen MR) is 89.8 cm³/mol. The highest BCUT2D eigenvalue weighted by Gasteiger charge is 2.22. The van der Waals surface area contributed by atoms with Crippen LogP contribution in [0.1, 0.15) is 40.5 Å². The van der Waals surface area contributed by atoms with Gasteiger partial charge in [-0.25, -0.2) is 4.68 Å². The third kappa shape index (κ3) is 3.41. The molecule has 1 aromatic heterocycles. The maximum absolute atomic E-state index is 11.1. The summed E-state index contributed by atoms with van der Waals surface area (Å²) in [7, 11) is 1.70. The van der Waals surface area contributed by atoms with Crippen LogP contribution >= 0.6 is 0 Å². The van der Waals surface area contributed by atoms with Crippen LogP contribution < -0.4 is 10.5 Å². The molecule has 0 spiro atoms. The number of carbonyl (C=O) groups is 1. The summed E-state index contributed by atoms with van der Waals surface area (Å²) >= 11 is 0. The van der Waals surface area contributed by atoms with Gasteiger partial charge >= 0.3 is 0 Å². The number of nitrogens with zero attached hydrogens (tertiary/aromatic N) is 4. The first kappa shape index (κ1) is 16.4. The quantitative estimate of drug-likeness (QED) is 0.899. The molecule has 7 heteroatoms. The third-order valence-electron chi connectivity index (χ3n) is 4.70. The standard InChI is InChI=1S/C17H23N5O2/c1-12-13(4-3-5-16(12)24-2)10-21-8-6-14(7-9-21)22-11-15(17(18)23)19-20-22/h3-5,11,14H,6-10H2,1-2H3,(H2,18,23). The fraction of sp³-hybridized carbons (Fsp3) is 0.471. The highest BCUT2D eigenvalue weighted by Crippen LogP contribution is 2.26. The van der Waals surface area contributed by atoms with Crippen molar-refractivity contribution in [2.75, 3.05) is 20.2 Å². The van der Waals surface area contributed by atoms with Crippen molar-refractivity contribution in [1.29, 1.82) is 0 Å². The summed E-state index contributed by atoms with van der Waals surface area (Å²) in [4.78, 5) is 13.6. The van der Waals surface area contributed by atoms with E-state index in [1.807, 2.05) is 12.1 Å². The lowest BCUT2D eigenvalue weighted by Crippen LogP contribution is -2.34. The van der Waals surface area contributed by atoms with Gasteiger partial charge in [-0.05, 0) is 37.0 Å². The second kappa shape index (κ2) is 7.00. The Hall–Kier alpha value is -2.41. The minimum atomic E-state index is -0.535. The van der Waals surface area contributed by atoms with Crippen LogP contribution in [0.4, 0.5) is 0 Å². The Bertz CT molecular complexity index is 720. The maximum Gasteiger partial charge on any atom is 0.270 e. The van der Waals surface area contributed by atoms with Gasteiger partial charge < -0.3 is 10.5 Å². The molecule has 0 bridgehead atoms. The van der Waals surface area contributed by atoms with E-state index in [2.05, 4.69) is 28.2 Å². The average Bonchev–Trinajstić information content (AvgIpc) is 3.08. The van der Waals surface area contributed by atoms with Crippen LogP contribution in [0.3, 0.4) is 0 Å². The summed E-state index contributed by atoms with van der Waals surface area (Å²) in [5, 5.41) is 7.86. The zero-order valence-corrected chi connectivity index (χ0v) is 14.1. The number of benzene rings is 1. The van der Waals surface area contributed by atoms with Crippen molar-refractivity contribution in [3.8, 4) is 5.75 Å². The number of methoxy groups -OCH3 is 1. The minimum Gasteiger partial charge on any atom is -0.496 e. The molecule has 7 nitrogen and oxygen atoms in total. The van der Waals surface area contributed by atoms with Gasteiger partial charge in [0.25, 0.3) is 5.91 Å². The average molecular weight is 329 g/mol. The first-order valence-corrected chi connectivity index (χ1v) is 8.15. The number of aromatic nitrogens is 3. The molecule has 1 aliphatic rings. The monoisotopic (exact) mass is 329 g/mol. The second-order valence-corrected chi connectivity index (χ2v) is 6.20. The van der Waals surface area contributed by atoms with Crippen molar-refractivity contribution in [1.82, 2.24) is 19.9 Å². The highest BCUT2D eigenvalue weighted by atomic mass is 16.5. The van der Waals surface area contributed by atoms with Crippen LogP contribution in [0, 0.1) is 6.92 Å². The SMILES string of the molecule is COc1cccc(CN2CCC(n3cc(C(N)=O)nn3)CC2)c1C. The van der Waals surface area contributed by atoms with Crippen molar-refractivity contribution in [2.24, 2.45) is 5.73 Å². The molecule has 1 aliphatic heterocycles. The summed E-state index contributed by atoms with van der Waals surface area (Å²) in [5.74, 6) is 0.399. The Morgan fingerprint density at radius 1 is 1.38 bits per heavy atom. The molecule has 2 heterocycles. The van der Waals surface area contributed by atoms with Crippen molar-refractivity contribution < 1.29 is 9.53 Å². The van der Waals surface area contributed by atoms with Crippen molar-refractivity contribution in [3.63, 3.8) is 0 Å². The van der Waals surface area contributed by atoms with Crippen molar-refractivity contribution in [2.45, 2.75) is 32.4 Å². The summed E-state index contributed by atoms with van der Waals surface area (Å²) in [6.07, 6.45) is 3.60. The van der Waals surface area contributed by atoms with E-state index in [1.165, 1.54) is 11.1 Å². The molecule has 1 amide bonds. The molecule has 1 fully saturated rings. The molecule has 0 aliphatic carbocycles. The van der Waals surface area contributed by atoms with Gasteiger partial charge in [0.2, 0.25) is 0 Å². The number of rotatable bonds is 5. The summed E-state index contributed by atoms with van der Waals surface area (Å²) in [6.45, 7) is 4.97. The molecular weight excluding hydrogens is 306 g/mol. The van der Waals surface area contributed by atoms with E-state index >= 15 is 0 Å². The molecule has 1 aromatic carbocycles. The number of likely N-dealkylation sites (tertiary alicyclic amines) is 1. The molecule has 1 saturated heterocycles. The molecule has 24 heavy (non-hydrogen) atoms. The lowest BCUT2D eigenvalue weighted by atomic mass is 10.0. The van der Waals surface area contributed by atoms with Gasteiger partial charge in [-0.3, -0.25) is 9.69 Å². The molecule has 3 rings (SSSR count). The number of carbonyl (C=O) groups excluding carboxylic acids is 1. The molecule has 0 unspecified atom stereocenters. The number of nitrogens with two attached hydrogens (primary N) is 1. The molecule has 0 atom stereocenters. The van der Waals surface area contributed by atoms with Crippen LogP contribution in [0.15, 0.2) is 24.4 Å². The molecular formula is C17H23N5O2. The van der Waals surface area contributed by atoms with Gasteiger partial charge in [0.15, 0.2) is 5.69 Å². The van der Waals surface area contributed by atoms with Crippen LogP contribution in [0.2, 0.25) is 0 Å². The van der Waals surface area contributed by atoms with E-state index in [-0.39, 0.29) is 11.7 Å². The van der Waals surface area contributed by atoms with Gasteiger partial charge in [0.1, 0.15) is 5.75 Å². The Kier molecular flexibility index (Phi) is 4.80. The van der Waals surface area contributed by atoms with E-state index in [9.17, 15) is 4.79 Å². The normalized spacial score (nSPS) is 16.2. The molecule has 2 N–H and O–H groups in total. The largest absolute Gasteiger partial charge is 0.496 e. The van der Waals surface area contributed by atoms with E-state index in [0.717, 1.165) is 38.2 Å². The van der Waals surface area contributed by atoms with Crippen LogP contribution in [-0.4, -0.2) is 46.0 Å². The van der Waals surface area contributed by atoms with E-state index in [4.69, 9.17) is 10.5 Å². The Morgan fingerprint density at radius 2 is 2.12 bits per heavy atom. The smallest absolute Gasteiger partial charge is 0.270 e. The maximum atomic E-state index is 11.1. The number of piperidine rings is 1. The van der Waals surface area contributed by atoms with Crippen LogP contribution in [0.5, 0.6) is 5.75 Å². The van der Waals surface area contributed by atoms with Gasteiger partial charge in [-0.1, -0.05) is 17.3 Å². The van der Waals surface area contributed by atoms with E-state index < -0.39 is 5.91 Å². The first-order valence-electron chi connectivity index (χ1n) is 8.15. The Labute approximate surface area is 141 Å². The molecule has 2 aromatic rings. The molecule has 0 radical (unpaired) electrons. The molecule has 0 saturated carbocycles. The molecule has 128 valence electrons. The number of ether oxygens (including phenoxy) is 1. The summed E-state index contributed by atoms with van der Waals surface area (Å²) in [6, 6.07) is 6.45. The summed E-state index contributed by atoms with van der Waals surface area (Å²) < 4.78 is 7.17. The zero-order valence-electron chi connectivity index (χ0n) is 14.1. The van der Waals surface area contributed by atoms with Crippen molar-refractivity contribution >= 4 is 5.91 Å². The zero-order chi connectivity index (χ0) is 17.1. The van der Waals surface area contributed by atoms with Crippen LogP contribution in [-0.2, 0) is 6.54 Å². The Balaban J connectivity index is 1.60. The fourth-order valence-electron chi connectivity index (χ4n) is 3.20. The number of amides is 1. The first-order chi connectivity index (χ1) is 11.6. The minimum absolute atomic E-state index is 0.226. The highest BCUT2D eigenvalue weighted by molar-refractivity contribution is 5.90. The van der Waals surface area contributed by atoms with Gasteiger partial charge in [-0.15, -0.1) is 5.10 Å². The van der Waals surface area contributed by atoms with E-state index in [0.29, 0.717) is 0 Å².